The van der Waals surface area contributed by atoms with Crippen LogP contribution in [0.4, 0.5) is 0 Å². The number of carboxylic acid groups (broad SMARTS) is 1. The smallest absolute Gasteiger partial charge is 0.303 e. The van der Waals surface area contributed by atoms with Crippen molar-refractivity contribution >= 4 is 111 Å². The van der Waals surface area contributed by atoms with Crippen LogP contribution in [0.5, 0.6) is 11.5 Å². The molecule has 2 aromatic heterocycles. The number of primary amides is 1. The van der Waals surface area contributed by atoms with Gasteiger partial charge in [0.1, 0.15) is 82.6 Å². The fourth-order valence-corrected chi connectivity index (χ4v) is 14.3. The number of H-pyrrole nitrogens is 1. The first-order valence-corrected chi connectivity index (χ1v) is 38.5. The van der Waals surface area contributed by atoms with E-state index in [1.165, 1.54) is 112 Å². The number of aliphatic hydroxyl groups is 2. The van der Waals surface area contributed by atoms with Crippen LogP contribution in [0.3, 0.4) is 0 Å². The van der Waals surface area contributed by atoms with Crippen molar-refractivity contribution in [2.75, 3.05) is 18.1 Å². The van der Waals surface area contributed by atoms with E-state index in [9.17, 15) is 83.1 Å². The molecule has 0 radical (unpaired) electrons. The van der Waals surface area contributed by atoms with Crippen LogP contribution < -0.4 is 58.9 Å². The molecule has 2 aliphatic heterocycles. The maximum Gasteiger partial charge on any atom is 0.303 e. The summed E-state index contributed by atoms with van der Waals surface area (Å²) in [4.78, 5) is 195. The lowest BCUT2D eigenvalue weighted by atomic mass is 9.85. The molecule has 34 heteroatoms. The molecule has 12 atom stereocenters. The van der Waals surface area contributed by atoms with Crippen LogP contribution in [0.25, 0.3) is 11.0 Å². The van der Waals surface area contributed by atoms with Gasteiger partial charge in [-0.05, 0) is 129 Å². The monoisotopic (exact) mass is 1560 g/mol. The van der Waals surface area contributed by atoms with Crippen LogP contribution in [0.1, 0.15) is 129 Å². The van der Waals surface area contributed by atoms with E-state index in [0.717, 1.165) is 11.1 Å². The average Bonchev–Trinajstić information content (AvgIpc) is 1.76. The van der Waals surface area contributed by atoms with Gasteiger partial charge in [-0.2, -0.15) is 23.5 Å². The molecule has 12 amide bonds. The first-order chi connectivity index (χ1) is 51.7. The van der Waals surface area contributed by atoms with Crippen LogP contribution in [0.2, 0.25) is 0 Å². The summed E-state index contributed by atoms with van der Waals surface area (Å²) >= 11 is 2.69. The predicted molar refractivity (Wildman–Crippen MR) is 409 cm³/mol. The minimum Gasteiger partial charge on any atom is -0.508 e. The van der Waals surface area contributed by atoms with Gasteiger partial charge >= 0.3 is 5.97 Å². The molecule has 110 heavy (non-hydrogen) atoms. The zero-order valence-electron chi connectivity index (χ0n) is 63.2. The number of pyridine rings is 1. The molecular weight excluding hydrogens is 1460 g/mol. The largest absolute Gasteiger partial charge is 0.508 e. The third-order valence-electron chi connectivity index (χ3n) is 19.2. The summed E-state index contributed by atoms with van der Waals surface area (Å²) in [5.74, 6) is -12.5. The number of aromatic hydroxyl groups is 2. The summed E-state index contributed by atoms with van der Waals surface area (Å²) in [7, 11) is 0. The summed E-state index contributed by atoms with van der Waals surface area (Å²) in [6.45, 7) is 14.5. The van der Waals surface area contributed by atoms with Crippen molar-refractivity contribution in [3.63, 3.8) is 0 Å². The number of amides is 12. The number of nitrogens with two attached hydrogens (primary N) is 1. The molecule has 0 spiro atoms. The van der Waals surface area contributed by atoms with Crippen LogP contribution in [-0.2, 0) is 93.1 Å². The van der Waals surface area contributed by atoms with E-state index in [2.05, 4.69) is 63.1 Å². The normalized spacial score (nSPS) is 25.0. The molecule has 3 aromatic carbocycles. The number of hydrogen-bond acceptors (Lipinski definition) is 20. The first kappa shape index (κ1) is 86.9. The van der Waals surface area contributed by atoms with Gasteiger partial charge in [-0.3, -0.25) is 62.3 Å². The van der Waals surface area contributed by atoms with Crippen molar-refractivity contribution in [3.8, 4) is 11.5 Å². The Morgan fingerprint density at radius 1 is 0.627 bits per heavy atom. The van der Waals surface area contributed by atoms with Gasteiger partial charge in [-0.15, -0.1) is 0 Å². The number of fused-ring (bicyclic) bond motifs is 4. The van der Waals surface area contributed by atoms with Crippen LogP contribution >= 0.6 is 23.5 Å². The minimum atomic E-state index is -2.06. The standard InChI is InChI=1S/C76H102N14O18S2/c1-40(2)76(10)73(108)87-60(42(4)92)69(104)83-55(62(77)98)39-110-38-46-15-11-14-45(32-46)37-109-31-28-57(95)85-61(74(5,6)7)70(105)82-54(34-44-20-24-49(94)25-21-44)71(106)90-30-13-17-56(90)67(102)86-59(41(3)91)68(103)81-53(35-47-36-79-63-50(47)16-12-29-78-63)65(100)88-75(8,9)72(107)84-51(26-27-58(96)97)64(99)80-52(66(101)89-76)33-43-18-22-48(93)23-19-43/h11-12,14-16,18-25,29,32,36,40-42,51-56,59-61,91-94H,13,17,26-28,30-31,33-35,37-39H2,1-10H3,(H2,77,98)(H,78,79)(H,80,99)(H,81,103)(H,82,105)(H,83,104)(H,84,107)(H,85,95)(H,86,102)(H,87,108)(H,88,100)(H,89,101)(H,96,97)/t41-,42+,51+,52+,53+,54+,55+,56+,59+,60+,61?,76+/m1/s1. The molecule has 0 aliphatic carbocycles. The van der Waals surface area contributed by atoms with E-state index >= 15 is 4.79 Å². The van der Waals surface area contributed by atoms with Gasteiger partial charge in [0.05, 0.1) is 12.2 Å². The minimum absolute atomic E-state index is 0.00355. The number of nitrogens with zero attached hydrogens (tertiary/aromatic N) is 2. The second-order valence-electron chi connectivity index (χ2n) is 29.8. The Balaban J connectivity index is 1.23. The van der Waals surface area contributed by atoms with E-state index in [0.29, 0.717) is 45.0 Å². The highest BCUT2D eigenvalue weighted by atomic mass is 32.2. The number of aromatic amines is 1. The molecule has 2 aliphatic rings. The Kier molecular flexibility index (Phi) is 30.7. The molecule has 18 N–H and O–H groups in total. The number of aliphatic carboxylic acids is 1. The summed E-state index contributed by atoms with van der Waals surface area (Å²) < 4.78 is 0. The Morgan fingerprint density at radius 3 is 1.78 bits per heavy atom. The number of carboxylic acids is 1. The Hall–Kier alpha value is -10.3. The maximum absolute atomic E-state index is 15.1. The van der Waals surface area contributed by atoms with Gasteiger partial charge in [0, 0.05) is 79.4 Å². The first-order valence-electron chi connectivity index (χ1n) is 36.2. The summed E-state index contributed by atoms with van der Waals surface area (Å²) in [5, 5.41) is 79.4. The fraction of sp³-hybridized carbons (Fsp3) is 0.500. The number of benzene rings is 3. The van der Waals surface area contributed by atoms with Crippen LogP contribution in [-0.4, -0.2) is 213 Å². The number of nitrogens with one attached hydrogen (secondary N) is 11. The molecule has 596 valence electrons. The number of carbonyl (C=O) groups is 13. The van der Waals surface area contributed by atoms with Gasteiger partial charge in [0.2, 0.25) is 70.9 Å². The molecule has 4 heterocycles. The van der Waals surface area contributed by atoms with E-state index in [4.69, 9.17) is 5.73 Å². The second kappa shape index (κ2) is 38.8. The lowest BCUT2D eigenvalue weighted by molar-refractivity contribution is -0.143. The van der Waals surface area contributed by atoms with Crippen molar-refractivity contribution in [2.45, 2.75) is 210 Å². The second-order valence-corrected chi connectivity index (χ2v) is 32.0. The van der Waals surface area contributed by atoms with E-state index in [-0.39, 0.29) is 62.3 Å². The highest BCUT2D eigenvalue weighted by Gasteiger charge is 2.46. The third-order valence-corrected chi connectivity index (χ3v) is 21.3. The maximum atomic E-state index is 15.1. The molecule has 32 nitrogen and oxygen atoms in total. The highest BCUT2D eigenvalue weighted by molar-refractivity contribution is 7.98. The van der Waals surface area contributed by atoms with Crippen LogP contribution in [0.15, 0.2) is 97.3 Å². The molecule has 5 aromatic rings. The van der Waals surface area contributed by atoms with Gasteiger partial charge in [-0.25, -0.2) is 4.98 Å². The van der Waals surface area contributed by atoms with Crippen molar-refractivity contribution < 1.29 is 87.9 Å². The summed E-state index contributed by atoms with van der Waals surface area (Å²) in [6, 6.07) is 8.30. The highest BCUT2D eigenvalue weighted by Crippen LogP contribution is 2.27. The number of phenols is 2. The van der Waals surface area contributed by atoms with Crippen molar-refractivity contribution in [2.24, 2.45) is 17.1 Å². The molecule has 2 bridgehead atoms. The van der Waals surface area contributed by atoms with E-state index < -0.39 is 179 Å². The van der Waals surface area contributed by atoms with Gasteiger partial charge in [0.15, 0.2) is 0 Å². The molecule has 0 saturated carbocycles. The summed E-state index contributed by atoms with van der Waals surface area (Å²) in [6.07, 6.45) is -2.10. The lowest BCUT2D eigenvalue weighted by Gasteiger charge is -2.36. The molecule has 7 rings (SSSR count). The third kappa shape index (κ3) is 24.3. The number of rotatable bonds is 13. The molecule has 1 unspecified atom stereocenters. The van der Waals surface area contributed by atoms with Crippen molar-refractivity contribution in [1.82, 2.24) is 68.0 Å². The zero-order chi connectivity index (χ0) is 81.1. The van der Waals surface area contributed by atoms with E-state index in [1.807, 2.05) is 24.3 Å². The lowest BCUT2D eigenvalue weighted by Crippen LogP contribution is -2.67. The SMILES string of the molecule is CC(C)[C@]1(C)NC(=O)[C@H](Cc2ccc(O)cc2)NC(=O)[C@H](CCC(=O)O)NC(=O)C(C)(C)NC(=O)[C@H](Cc2c[nH]c3ncccc23)NC(=O)[C@H]([C@@H](C)O)NC(=O)[C@@H]2CCCN2C(=O)[C@H](Cc2ccc(O)cc2)NC(=O)C(C(C)(C)C)NC(=O)CCSCc2cccc(c2)CSC[C@@H](C(N)=O)NC(=O)[C@H]([C@H](C)O)NC1=O. The Bertz CT molecular complexity index is 4150. The fourth-order valence-electron chi connectivity index (χ4n) is 12.4. The number of aromatic nitrogens is 2. The molecular formula is C76H102N14O18S2. The number of carbonyl (C=O) groups excluding carboxylic acids is 12. The number of hydrogen-bond donors (Lipinski definition) is 17. The topological polar surface area (TPSA) is 501 Å². The molecule has 1 saturated heterocycles. The van der Waals surface area contributed by atoms with Gasteiger partial charge < -0.3 is 94.3 Å². The number of thioether (sulfide) groups is 2. The Morgan fingerprint density at radius 2 is 1.19 bits per heavy atom. The quantitative estimate of drug-likeness (QED) is 0.0782. The van der Waals surface area contributed by atoms with E-state index in [1.54, 1.807) is 58.9 Å². The molecule has 1 fully saturated rings. The number of phenolic OH excluding ortho intramolecular Hbond substituents is 2. The van der Waals surface area contributed by atoms with Gasteiger partial charge in [-0.1, -0.05) is 83.1 Å². The van der Waals surface area contributed by atoms with Crippen molar-refractivity contribution in [3.05, 3.63) is 125 Å². The number of aliphatic hydroxyl groups excluding tert-OH is 2. The zero-order valence-corrected chi connectivity index (χ0v) is 64.8. The average molecular weight is 1560 g/mol. The Labute approximate surface area is 645 Å². The van der Waals surface area contributed by atoms with Crippen LogP contribution in [0, 0.1) is 11.3 Å². The predicted octanol–water partition coefficient (Wildman–Crippen LogP) is 1.03. The summed E-state index contributed by atoms with van der Waals surface area (Å²) in [5.41, 5.74) is 4.22. The van der Waals surface area contributed by atoms with Gasteiger partial charge in [0.25, 0.3) is 0 Å². The van der Waals surface area contributed by atoms with Crippen molar-refractivity contribution in [1.29, 1.82) is 0 Å².